The van der Waals surface area contributed by atoms with Gasteiger partial charge in [-0.05, 0) is 24.5 Å². The predicted molar refractivity (Wildman–Crippen MR) is 96.7 cm³/mol. The molecule has 0 bridgehead atoms. The first-order valence-corrected chi connectivity index (χ1v) is 10.8. The maximum atomic E-state index is 9.87. The molecule has 154 valence electrons. The summed E-state index contributed by atoms with van der Waals surface area (Å²) >= 11 is 0. The minimum atomic E-state index is -10.7. The Balaban J connectivity index is 0. The Hall–Kier alpha value is -0.550. The zero-order chi connectivity index (χ0) is 20.0. The number of hydrogen-bond donors (Lipinski definition) is 1. The molecule has 0 fully saturated rings. The molecule has 1 unspecified atom stereocenters. The van der Waals surface area contributed by atoms with E-state index >= 15 is 0 Å². The Morgan fingerprint density at radius 3 is 1.68 bits per heavy atom. The molecule has 1 N–H and O–H groups in total. The van der Waals surface area contributed by atoms with E-state index in [-0.39, 0.29) is 0 Å². The summed E-state index contributed by atoms with van der Waals surface area (Å²) in [7, 11) is -10.7. The number of hydrogen-bond acceptors (Lipinski definition) is 0. The first-order valence-electron chi connectivity index (χ1n) is 8.81. The normalized spacial score (nSPS) is 15.6. The van der Waals surface area contributed by atoms with Gasteiger partial charge in [-0.2, -0.15) is 0 Å². The summed E-state index contributed by atoms with van der Waals surface area (Å²) in [6.45, 7) is 15.7. The van der Waals surface area contributed by atoms with E-state index in [0.29, 0.717) is 0 Å². The van der Waals surface area contributed by atoms with Crippen molar-refractivity contribution in [2.75, 3.05) is 19.6 Å². The average molecular weight is 397 g/mol. The fourth-order valence-corrected chi connectivity index (χ4v) is 2.39. The van der Waals surface area contributed by atoms with Gasteiger partial charge in [-0.15, -0.1) is 0 Å². The standard InChI is InChI=1S/C17H33N.F6P/c1-5-8-9-10-11-12-17(4)13-16-18(14-6-2)15-7-3;1-7(2,3,4,5)6/h6-7,17H,2-3,5,8-16H2,1,4H3;/q;-1/p+1. The predicted octanol–water partition coefficient (Wildman–Crippen LogP) is 7.01. The van der Waals surface area contributed by atoms with Crippen molar-refractivity contribution in [1.29, 1.82) is 0 Å². The minimum absolute atomic E-state index is 0.872. The molecular weight excluding hydrogens is 363 g/mol. The summed E-state index contributed by atoms with van der Waals surface area (Å²) in [6, 6.07) is 0. The summed E-state index contributed by atoms with van der Waals surface area (Å²) < 4.78 is 59.2. The molecule has 0 aromatic carbocycles. The molecule has 0 saturated carbocycles. The SMILES string of the molecule is C=CC[NH+](CC=C)CCC(C)CCCCCCC.F[P-](F)(F)(F)(F)F. The number of rotatable bonds is 13. The van der Waals surface area contributed by atoms with Gasteiger partial charge in [-0.3, -0.25) is 0 Å². The third kappa shape index (κ3) is 35.4. The van der Waals surface area contributed by atoms with Crippen LogP contribution < -0.4 is 4.90 Å². The van der Waals surface area contributed by atoms with Crippen molar-refractivity contribution in [3.05, 3.63) is 25.3 Å². The molecule has 0 aliphatic carbocycles. The fourth-order valence-electron chi connectivity index (χ4n) is 2.39. The van der Waals surface area contributed by atoms with E-state index in [1.165, 1.54) is 51.5 Å². The van der Waals surface area contributed by atoms with Crippen LogP contribution in [0.3, 0.4) is 0 Å². The van der Waals surface area contributed by atoms with Crippen LogP contribution in [0.25, 0.3) is 0 Å². The molecular formula is C17H34F6NP. The Kier molecular flexibility index (Phi) is 12.0. The van der Waals surface area contributed by atoms with E-state index < -0.39 is 7.81 Å². The summed E-state index contributed by atoms with van der Waals surface area (Å²) in [5.41, 5.74) is 0. The van der Waals surface area contributed by atoms with Gasteiger partial charge in [-0.25, -0.2) is 0 Å². The van der Waals surface area contributed by atoms with Crippen molar-refractivity contribution in [3.8, 4) is 0 Å². The van der Waals surface area contributed by atoms with Crippen LogP contribution in [0.4, 0.5) is 25.2 Å². The first kappa shape index (κ1) is 26.7. The summed E-state index contributed by atoms with van der Waals surface area (Å²) in [5.74, 6) is 0.872. The van der Waals surface area contributed by atoms with E-state index in [0.717, 1.165) is 19.0 Å². The molecule has 1 nitrogen and oxygen atoms in total. The third-order valence-electron chi connectivity index (χ3n) is 3.66. The van der Waals surface area contributed by atoms with E-state index in [9.17, 15) is 25.2 Å². The van der Waals surface area contributed by atoms with Crippen LogP contribution in [0.2, 0.25) is 0 Å². The Morgan fingerprint density at radius 2 is 1.28 bits per heavy atom. The quantitative estimate of drug-likeness (QED) is 0.148. The van der Waals surface area contributed by atoms with Gasteiger partial charge >= 0.3 is 33.0 Å². The molecule has 8 heteroatoms. The molecule has 1 atom stereocenters. The number of unbranched alkanes of at least 4 members (excludes halogenated alkanes) is 4. The molecule has 25 heavy (non-hydrogen) atoms. The van der Waals surface area contributed by atoms with Crippen molar-refractivity contribution in [1.82, 2.24) is 0 Å². The fraction of sp³-hybridized carbons (Fsp3) is 0.765. The number of quaternary nitrogens is 1. The molecule has 0 heterocycles. The molecule has 0 spiro atoms. The second-order valence-electron chi connectivity index (χ2n) is 6.54. The molecule has 0 radical (unpaired) electrons. The number of halogens is 6. The van der Waals surface area contributed by atoms with Crippen LogP contribution >= 0.6 is 7.81 Å². The Bertz CT molecular complexity index is 344. The maximum absolute atomic E-state index is 10.7. The second kappa shape index (κ2) is 11.2. The molecule has 0 saturated heterocycles. The zero-order valence-corrected chi connectivity index (χ0v) is 16.3. The van der Waals surface area contributed by atoms with E-state index in [4.69, 9.17) is 0 Å². The van der Waals surface area contributed by atoms with Gasteiger partial charge in [0.25, 0.3) is 0 Å². The van der Waals surface area contributed by atoms with Crippen molar-refractivity contribution in [2.45, 2.75) is 58.8 Å². The molecule has 0 aliphatic rings. The van der Waals surface area contributed by atoms with E-state index in [1.54, 1.807) is 4.90 Å². The van der Waals surface area contributed by atoms with Crippen molar-refractivity contribution < 1.29 is 30.1 Å². The van der Waals surface area contributed by atoms with E-state index in [1.807, 2.05) is 12.2 Å². The van der Waals surface area contributed by atoms with Crippen molar-refractivity contribution in [3.63, 3.8) is 0 Å². The van der Waals surface area contributed by atoms with Crippen LogP contribution in [0.15, 0.2) is 25.3 Å². The van der Waals surface area contributed by atoms with Crippen molar-refractivity contribution >= 4 is 7.81 Å². The van der Waals surface area contributed by atoms with Crippen LogP contribution in [0, 0.1) is 5.92 Å². The van der Waals surface area contributed by atoms with Crippen LogP contribution in [-0.4, -0.2) is 19.6 Å². The Morgan fingerprint density at radius 1 is 0.840 bits per heavy atom. The van der Waals surface area contributed by atoms with E-state index in [2.05, 4.69) is 27.0 Å². The monoisotopic (exact) mass is 397 g/mol. The average Bonchev–Trinajstić information content (AvgIpc) is 2.41. The van der Waals surface area contributed by atoms with Crippen LogP contribution in [-0.2, 0) is 0 Å². The summed E-state index contributed by atoms with van der Waals surface area (Å²) in [4.78, 5) is 1.60. The first-order chi connectivity index (χ1) is 11.2. The van der Waals surface area contributed by atoms with Gasteiger partial charge in [0.2, 0.25) is 0 Å². The molecule has 0 aromatic heterocycles. The molecule has 0 amide bonds. The van der Waals surface area contributed by atoms with Gasteiger partial charge in [0, 0.05) is 0 Å². The topological polar surface area (TPSA) is 4.44 Å². The van der Waals surface area contributed by atoms with Gasteiger partial charge < -0.3 is 4.90 Å². The van der Waals surface area contributed by atoms with Gasteiger partial charge in [0.05, 0.1) is 19.6 Å². The third-order valence-corrected chi connectivity index (χ3v) is 3.66. The van der Waals surface area contributed by atoms with Gasteiger partial charge in [0.15, 0.2) is 0 Å². The summed E-state index contributed by atoms with van der Waals surface area (Å²) in [6.07, 6.45) is 13.8. The van der Waals surface area contributed by atoms with Crippen LogP contribution in [0.1, 0.15) is 58.8 Å². The molecule has 0 aliphatic heterocycles. The van der Waals surface area contributed by atoms with Crippen LogP contribution in [0.5, 0.6) is 0 Å². The summed E-state index contributed by atoms with van der Waals surface area (Å²) in [5, 5.41) is 0. The van der Waals surface area contributed by atoms with Gasteiger partial charge in [-0.1, -0.05) is 65.5 Å². The Labute approximate surface area is 148 Å². The number of nitrogens with one attached hydrogen (secondary N) is 1. The zero-order valence-electron chi connectivity index (χ0n) is 15.4. The second-order valence-corrected chi connectivity index (χ2v) is 8.46. The van der Waals surface area contributed by atoms with Crippen molar-refractivity contribution in [2.24, 2.45) is 5.92 Å². The van der Waals surface area contributed by atoms with Gasteiger partial charge in [0.1, 0.15) is 0 Å². The molecule has 0 aromatic rings. The molecule has 0 rings (SSSR count).